The summed E-state index contributed by atoms with van der Waals surface area (Å²) in [4.78, 5) is 51.9. The number of benzene rings is 3. The molecule has 10 heteroatoms. The van der Waals surface area contributed by atoms with E-state index >= 15 is 0 Å². The number of aromatic carboxylic acids is 1. The van der Waals surface area contributed by atoms with Crippen LogP contribution in [0.1, 0.15) is 65.6 Å². The standard InChI is InChI=1S/C36H33IN2O7/c1-45-30-15-21(14-29(37)31(30)46-19-20-3-2-4-25(12-20)34(42)43)13-28-32(40)38-35(44)39(33(28)41)27-7-5-26(6-8-27)36-16-22-9-23(17-36)11-24(10-22)18-36/h2-8,12-15,22-24H,9-11,16-19H2,1H3,(H,42,43)(H,38,40,44)/b28-13+. The van der Waals surface area contributed by atoms with Crippen LogP contribution >= 0.6 is 22.6 Å². The van der Waals surface area contributed by atoms with Gasteiger partial charge in [-0.15, -0.1) is 0 Å². The van der Waals surface area contributed by atoms with Gasteiger partial charge in [0.2, 0.25) is 0 Å². The van der Waals surface area contributed by atoms with Gasteiger partial charge in [0.1, 0.15) is 12.2 Å². The normalized spacial score (nSPS) is 26.0. The number of nitrogens with zero attached hydrogens (tertiary/aromatic N) is 1. The van der Waals surface area contributed by atoms with Crippen molar-refractivity contribution in [2.45, 2.75) is 50.5 Å². The van der Waals surface area contributed by atoms with Crippen LogP contribution in [0.5, 0.6) is 11.5 Å². The van der Waals surface area contributed by atoms with Gasteiger partial charge in [0.05, 0.1) is 21.9 Å². The molecule has 0 atom stereocenters. The Morgan fingerprint density at radius 3 is 2.30 bits per heavy atom. The zero-order valence-electron chi connectivity index (χ0n) is 25.3. The summed E-state index contributed by atoms with van der Waals surface area (Å²) in [6.07, 6.45) is 9.14. The molecule has 4 amide bonds. The number of hydrogen-bond donors (Lipinski definition) is 2. The zero-order valence-corrected chi connectivity index (χ0v) is 27.4. The fourth-order valence-corrected chi connectivity index (χ4v) is 9.18. The molecule has 0 spiro atoms. The topological polar surface area (TPSA) is 122 Å². The molecule has 46 heavy (non-hydrogen) atoms. The van der Waals surface area contributed by atoms with Gasteiger partial charge in [-0.3, -0.25) is 14.9 Å². The minimum atomic E-state index is -1.03. The minimum Gasteiger partial charge on any atom is -0.493 e. The van der Waals surface area contributed by atoms with Gasteiger partial charge >= 0.3 is 12.0 Å². The highest BCUT2D eigenvalue weighted by Crippen LogP contribution is 2.60. The van der Waals surface area contributed by atoms with Gasteiger partial charge in [0.15, 0.2) is 11.5 Å². The highest BCUT2D eigenvalue weighted by atomic mass is 127. The second kappa shape index (κ2) is 11.9. The van der Waals surface area contributed by atoms with Crippen molar-refractivity contribution < 1.29 is 33.8 Å². The molecule has 1 aliphatic heterocycles. The molecule has 4 bridgehead atoms. The number of methoxy groups -OCH3 is 1. The van der Waals surface area contributed by atoms with E-state index in [-0.39, 0.29) is 23.2 Å². The van der Waals surface area contributed by atoms with Crippen LogP contribution in [-0.2, 0) is 21.6 Å². The molecule has 5 fully saturated rings. The SMILES string of the molecule is COc1cc(/C=C2\C(=O)NC(=O)N(c3ccc(C45CC6CC(CC(C6)C4)C5)cc3)C2=O)cc(I)c1OCc1cccc(C(=O)O)c1. The van der Waals surface area contributed by atoms with Crippen LogP contribution in [0.3, 0.4) is 0 Å². The first kappa shape index (κ1) is 30.5. The quantitative estimate of drug-likeness (QED) is 0.150. The number of carbonyl (C=O) groups is 4. The second-order valence-electron chi connectivity index (χ2n) is 13.0. The van der Waals surface area contributed by atoms with E-state index < -0.39 is 23.8 Å². The Kier molecular flexibility index (Phi) is 7.86. The first-order valence-corrected chi connectivity index (χ1v) is 16.5. The summed E-state index contributed by atoms with van der Waals surface area (Å²) >= 11 is 2.07. The van der Waals surface area contributed by atoms with Gasteiger partial charge in [-0.25, -0.2) is 14.5 Å². The van der Waals surface area contributed by atoms with E-state index in [1.807, 2.05) is 12.1 Å². The molecule has 8 rings (SSSR count). The molecule has 0 aromatic heterocycles. The van der Waals surface area contributed by atoms with Crippen LogP contribution in [0.4, 0.5) is 10.5 Å². The molecule has 4 saturated carbocycles. The summed E-state index contributed by atoms with van der Waals surface area (Å²) in [7, 11) is 1.48. The second-order valence-corrected chi connectivity index (χ2v) is 14.2. The van der Waals surface area contributed by atoms with Crippen LogP contribution in [0.15, 0.2) is 66.2 Å². The average Bonchev–Trinajstić information content (AvgIpc) is 3.02. The van der Waals surface area contributed by atoms with Crippen LogP contribution < -0.4 is 19.7 Å². The summed E-state index contributed by atoms with van der Waals surface area (Å²) < 4.78 is 12.2. The number of urea groups is 1. The molecule has 4 aliphatic carbocycles. The number of anilines is 1. The molecule has 3 aromatic carbocycles. The van der Waals surface area contributed by atoms with E-state index in [1.54, 1.807) is 24.3 Å². The number of carbonyl (C=O) groups excluding carboxylic acids is 3. The predicted molar refractivity (Wildman–Crippen MR) is 179 cm³/mol. The van der Waals surface area contributed by atoms with Crippen molar-refractivity contribution in [1.82, 2.24) is 5.32 Å². The largest absolute Gasteiger partial charge is 0.493 e. The van der Waals surface area contributed by atoms with E-state index in [0.717, 1.165) is 22.7 Å². The fourth-order valence-electron chi connectivity index (χ4n) is 8.40. The Labute approximate surface area is 280 Å². The highest BCUT2D eigenvalue weighted by molar-refractivity contribution is 14.1. The Bertz CT molecular complexity index is 1760. The molecule has 9 nitrogen and oxygen atoms in total. The van der Waals surface area contributed by atoms with Gasteiger partial charge in [0, 0.05) is 0 Å². The van der Waals surface area contributed by atoms with Crippen molar-refractivity contribution >= 4 is 58.2 Å². The Morgan fingerprint density at radius 1 is 1.00 bits per heavy atom. The summed E-state index contributed by atoms with van der Waals surface area (Å²) in [6, 6.07) is 16.8. The third-order valence-electron chi connectivity index (χ3n) is 10.00. The lowest BCUT2D eigenvalue weighted by molar-refractivity contribution is -0.122. The number of imide groups is 2. The van der Waals surface area contributed by atoms with Gasteiger partial charge < -0.3 is 14.6 Å². The van der Waals surface area contributed by atoms with E-state index in [4.69, 9.17) is 9.47 Å². The summed E-state index contributed by atoms with van der Waals surface area (Å²) in [6.45, 7) is 0.105. The number of carboxylic acids is 1. The molecule has 5 aliphatic rings. The van der Waals surface area contributed by atoms with Gasteiger partial charge in [-0.1, -0.05) is 24.3 Å². The van der Waals surface area contributed by atoms with Crippen molar-refractivity contribution in [1.29, 1.82) is 0 Å². The average molecular weight is 733 g/mol. The molecule has 0 unspecified atom stereocenters. The van der Waals surface area contributed by atoms with E-state index in [1.165, 1.54) is 69.4 Å². The van der Waals surface area contributed by atoms with Crippen molar-refractivity contribution in [3.05, 3.63) is 92.1 Å². The first-order valence-electron chi connectivity index (χ1n) is 15.5. The number of carboxylic acid groups (broad SMARTS) is 1. The fraction of sp³-hybridized carbons (Fsp3) is 0.333. The number of nitrogens with one attached hydrogen (secondary N) is 1. The maximum Gasteiger partial charge on any atom is 0.335 e. The first-order chi connectivity index (χ1) is 22.1. The van der Waals surface area contributed by atoms with Crippen molar-refractivity contribution in [2.24, 2.45) is 17.8 Å². The number of rotatable bonds is 8. The minimum absolute atomic E-state index is 0.105. The molecular weight excluding hydrogens is 699 g/mol. The molecule has 1 heterocycles. The monoisotopic (exact) mass is 732 g/mol. The lowest BCUT2D eigenvalue weighted by Gasteiger charge is -2.57. The highest BCUT2D eigenvalue weighted by Gasteiger charge is 2.51. The maximum absolute atomic E-state index is 13.7. The Hall–Kier alpha value is -4.19. The Morgan fingerprint density at radius 2 is 1.67 bits per heavy atom. The van der Waals surface area contributed by atoms with Crippen LogP contribution in [0.2, 0.25) is 0 Å². The van der Waals surface area contributed by atoms with Crippen molar-refractivity contribution in [2.75, 3.05) is 12.0 Å². The van der Waals surface area contributed by atoms with Gasteiger partial charge in [-0.05, 0) is 143 Å². The molecule has 0 radical (unpaired) electrons. The van der Waals surface area contributed by atoms with Crippen molar-refractivity contribution in [3.8, 4) is 11.5 Å². The summed E-state index contributed by atoms with van der Waals surface area (Å²) in [5.74, 6) is 0.702. The lowest BCUT2D eigenvalue weighted by atomic mass is 9.48. The summed E-state index contributed by atoms with van der Waals surface area (Å²) in [5, 5.41) is 11.6. The molecule has 1 saturated heterocycles. The number of ether oxygens (including phenoxy) is 2. The third kappa shape index (κ3) is 5.56. The molecule has 236 valence electrons. The lowest BCUT2D eigenvalue weighted by Crippen LogP contribution is -2.54. The number of barbiturate groups is 1. The number of amides is 4. The van der Waals surface area contributed by atoms with Crippen LogP contribution in [0.25, 0.3) is 6.08 Å². The van der Waals surface area contributed by atoms with Gasteiger partial charge in [0.25, 0.3) is 11.8 Å². The summed E-state index contributed by atoms with van der Waals surface area (Å²) in [5.41, 5.74) is 3.04. The number of hydrogen-bond acceptors (Lipinski definition) is 6. The number of halogens is 1. The predicted octanol–water partition coefficient (Wildman–Crippen LogP) is 6.71. The molecular formula is C36H33IN2O7. The Balaban J connectivity index is 1.12. The third-order valence-corrected chi connectivity index (χ3v) is 10.8. The van der Waals surface area contributed by atoms with Gasteiger partial charge in [-0.2, -0.15) is 0 Å². The smallest absolute Gasteiger partial charge is 0.335 e. The van der Waals surface area contributed by atoms with Crippen LogP contribution in [0, 0.1) is 21.3 Å². The van der Waals surface area contributed by atoms with Crippen molar-refractivity contribution in [3.63, 3.8) is 0 Å². The zero-order chi connectivity index (χ0) is 32.2. The maximum atomic E-state index is 13.7. The van der Waals surface area contributed by atoms with E-state index in [9.17, 15) is 24.3 Å². The van der Waals surface area contributed by atoms with E-state index in [0.29, 0.717) is 31.9 Å². The molecule has 2 N–H and O–H groups in total. The molecule has 3 aromatic rings. The van der Waals surface area contributed by atoms with Crippen LogP contribution in [-0.4, -0.2) is 36.0 Å². The van der Waals surface area contributed by atoms with E-state index in [2.05, 4.69) is 40.0 Å².